The monoisotopic (exact) mass is 507 g/mol. The van der Waals surface area contributed by atoms with Crippen molar-refractivity contribution in [3.05, 3.63) is 74.7 Å². The van der Waals surface area contributed by atoms with E-state index in [1.807, 2.05) is 26.0 Å². The van der Waals surface area contributed by atoms with Crippen molar-refractivity contribution in [2.24, 2.45) is 0 Å². The van der Waals surface area contributed by atoms with Crippen LogP contribution < -0.4 is 15.8 Å². The van der Waals surface area contributed by atoms with E-state index in [2.05, 4.69) is 39.2 Å². The van der Waals surface area contributed by atoms with Crippen LogP contribution in [0.1, 0.15) is 29.7 Å². The molecule has 1 unspecified atom stereocenters. The van der Waals surface area contributed by atoms with Gasteiger partial charge in [-0.3, -0.25) is 4.79 Å². The number of benzene rings is 2. The number of morpholine rings is 1. The first-order valence-electron chi connectivity index (χ1n) is 12.1. The van der Waals surface area contributed by atoms with Crippen LogP contribution in [-0.2, 0) is 4.74 Å². The Hall–Kier alpha value is -3.33. The van der Waals surface area contributed by atoms with E-state index in [1.54, 1.807) is 18.3 Å². The van der Waals surface area contributed by atoms with Crippen molar-refractivity contribution in [2.75, 3.05) is 36.5 Å². The third-order valence-corrected chi connectivity index (χ3v) is 7.04. The van der Waals surface area contributed by atoms with Gasteiger partial charge in [-0.05, 0) is 61.7 Å². The second-order valence-electron chi connectivity index (χ2n) is 9.37. The van der Waals surface area contributed by atoms with Gasteiger partial charge in [0.25, 0.3) is 5.56 Å². The zero-order valence-electron chi connectivity index (χ0n) is 20.6. The molecule has 0 saturated carbocycles. The summed E-state index contributed by atoms with van der Waals surface area (Å²) in [6, 6.07) is 11.5. The summed E-state index contributed by atoms with van der Waals surface area (Å²) in [6.45, 7) is 8.57. The molecule has 0 bridgehead atoms. The zero-order chi connectivity index (χ0) is 25.4. The van der Waals surface area contributed by atoms with Gasteiger partial charge in [0.05, 0.1) is 35.5 Å². The predicted octanol–water partition coefficient (Wildman–Crippen LogP) is 4.56. The van der Waals surface area contributed by atoms with Gasteiger partial charge in [-0.1, -0.05) is 23.7 Å². The summed E-state index contributed by atoms with van der Waals surface area (Å²) in [5.74, 6) is 0.470. The number of ether oxygens (including phenoxy) is 1. The highest BCUT2D eigenvalue weighted by atomic mass is 35.5. The van der Waals surface area contributed by atoms with Crippen LogP contribution in [-0.4, -0.2) is 52.4 Å². The number of pyridine rings is 1. The number of aryl methyl sites for hydroxylation is 2. The van der Waals surface area contributed by atoms with Crippen LogP contribution >= 0.6 is 11.6 Å². The number of hydrogen-bond acceptors (Lipinski definition) is 6. The number of imidazole rings is 1. The van der Waals surface area contributed by atoms with Gasteiger partial charge in [0.1, 0.15) is 11.4 Å². The summed E-state index contributed by atoms with van der Waals surface area (Å²) in [5.41, 5.74) is 6.16. The molecular formula is C27H30ClN5O3. The molecule has 3 heterocycles. The lowest BCUT2D eigenvalue weighted by molar-refractivity contribution is 0.0532. The molecule has 4 N–H and O–H groups in total. The number of H-pyrrole nitrogens is 2. The number of aliphatic hydroxyl groups is 1. The lowest BCUT2D eigenvalue weighted by Gasteiger charge is -2.33. The van der Waals surface area contributed by atoms with E-state index in [0.717, 1.165) is 40.9 Å². The summed E-state index contributed by atoms with van der Waals surface area (Å²) in [7, 11) is 0. The molecule has 1 saturated heterocycles. The first-order valence-corrected chi connectivity index (χ1v) is 12.4. The molecule has 2 aromatic carbocycles. The van der Waals surface area contributed by atoms with Crippen molar-refractivity contribution >= 4 is 34.0 Å². The van der Waals surface area contributed by atoms with Crippen molar-refractivity contribution in [3.63, 3.8) is 0 Å². The van der Waals surface area contributed by atoms with E-state index in [9.17, 15) is 9.90 Å². The number of anilines is 2. The minimum Gasteiger partial charge on any atom is -0.387 e. The lowest BCUT2D eigenvalue weighted by Crippen LogP contribution is -2.41. The highest BCUT2D eigenvalue weighted by Crippen LogP contribution is 2.30. The molecule has 0 radical (unpaired) electrons. The number of halogens is 1. The van der Waals surface area contributed by atoms with Crippen molar-refractivity contribution in [1.82, 2.24) is 15.0 Å². The van der Waals surface area contributed by atoms with Crippen molar-refractivity contribution in [1.29, 1.82) is 0 Å². The van der Waals surface area contributed by atoms with Crippen molar-refractivity contribution < 1.29 is 9.84 Å². The number of aromatic amines is 2. The molecule has 1 aliphatic heterocycles. The van der Waals surface area contributed by atoms with Gasteiger partial charge in [-0.15, -0.1) is 0 Å². The minimum atomic E-state index is -0.799. The lowest BCUT2D eigenvalue weighted by atomic mass is 10.1. The number of fused-ring (bicyclic) bond motifs is 1. The number of rotatable bonds is 6. The molecule has 1 fully saturated rings. The second-order valence-corrected chi connectivity index (χ2v) is 9.78. The van der Waals surface area contributed by atoms with Crippen LogP contribution in [0.5, 0.6) is 0 Å². The van der Waals surface area contributed by atoms with Crippen LogP contribution in [0.3, 0.4) is 0 Å². The fourth-order valence-corrected chi connectivity index (χ4v) is 4.82. The Morgan fingerprint density at radius 1 is 1.25 bits per heavy atom. The van der Waals surface area contributed by atoms with Gasteiger partial charge in [-0.2, -0.15) is 0 Å². The molecule has 0 amide bonds. The number of nitrogens with one attached hydrogen (secondary N) is 3. The number of aliphatic hydroxyl groups excluding tert-OH is 1. The van der Waals surface area contributed by atoms with Gasteiger partial charge in [0.2, 0.25) is 0 Å². The van der Waals surface area contributed by atoms with Crippen molar-refractivity contribution in [3.8, 4) is 11.4 Å². The van der Waals surface area contributed by atoms with Crippen LogP contribution in [0.2, 0.25) is 5.02 Å². The Labute approximate surface area is 214 Å². The van der Waals surface area contributed by atoms with Gasteiger partial charge >= 0.3 is 0 Å². The number of nitrogens with zero attached hydrogens (tertiary/aromatic N) is 2. The average Bonchev–Trinajstić information content (AvgIpc) is 3.28. The SMILES string of the molecule is Cc1ccc([C@H](O)CNc2cc[nH]c(=O)c2-c2nc3c(C)cc(N4CCOC(C)C4)cc3[nH]2)cc1Cl. The molecule has 188 valence electrons. The Balaban J connectivity index is 1.44. The maximum Gasteiger partial charge on any atom is 0.261 e. The maximum absolute atomic E-state index is 12.9. The van der Waals surface area contributed by atoms with E-state index in [0.29, 0.717) is 34.3 Å². The van der Waals surface area contributed by atoms with Crippen LogP contribution in [0.4, 0.5) is 11.4 Å². The largest absolute Gasteiger partial charge is 0.387 e. The molecule has 8 nitrogen and oxygen atoms in total. The Morgan fingerprint density at radius 2 is 2.08 bits per heavy atom. The summed E-state index contributed by atoms with van der Waals surface area (Å²) in [6.07, 6.45) is 0.955. The molecular weight excluding hydrogens is 478 g/mol. The summed E-state index contributed by atoms with van der Waals surface area (Å²) >= 11 is 6.22. The number of aromatic nitrogens is 3. The van der Waals surface area contributed by atoms with Crippen LogP contribution in [0.25, 0.3) is 22.4 Å². The zero-order valence-corrected chi connectivity index (χ0v) is 21.3. The predicted molar refractivity (Wildman–Crippen MR) is 144 cm³/mol. The average molecular weight is 508 g/mol. The highest BCUT2D eigenvalue weighted by molar-refractivity contribution is 6.31. The topological polar surface area (TPSA) is 106 Å². The van der Waals surface area contributed by atoms with Crippen LogP contribution in [0.15, 0.2) is 47.4 Å². The Morgan fingerprint density at radius 3 is 2.86 bits per heavy atom. The summed E-state index contributed by atoms with van der Waals surface area (Å²) in [5, 5.41) is 14.5. The van der Waals surface area contributed by atoms with Crippen LogP contribution in [0, 0.1) is 13.8 Å². The third-order valence-electron chi connectivity index (χ3n) is 6.63. The summed E-state index contributed by atoms with van der Waals surface area (Å²) < 4.78 is 5.68. The van der Waals surface area contributed by atoms with Gasteiger partial charge in [0.15, 0.2) is 0 Å². The second kappa shape index (κ2) is 9.97. The molecule has 4 aromatic rings. The summed E-state index contributed by atoms with van der Waals surface area (Å²) in [4.78, 5) is 26.1. The molecule has 5 rings (SSSR count). The standard InChI is InChI=1S/C27H30ClN5O3/c1-15-4-5-18(11-20(15)28)23(34)13-30-21-6-7-29-27(35)24(21)26-31-22-12-19(10-16(2)25(22)32-26)33-8-9-36-17(3)14-33/h4-7,10-12,17,23,34H,8-9,13-14H2,1-3H3,(H,31,32)(H2,29,30,35)/t17?,23-/m1/s1. The smallest absolute Gasteiger partial charge is 0.261 e. The van der Waals surface area contributed by atoms with E-state index >= 15 is 0 Å². The molecule has 36 heavy (non-hydrogen) atoms. The highest BCUT2D eigenvalue weighted by Gasteiger charge is 2.20. The molecule has 0 spiro atoms. The van der Waals surface area contributed by atoms with E-state index < -0.39 is 6.10 Å². The Bertz CT molecular complexity index is 1460. The van der Waals surface area contributed by atoms with Gasteiger partial charge in [0, 0.05) is 36.5 Å². The van der Waals surface area contributed by atoms with Crippen molar-refractivity contribution in [2.45, 2.75) is 33.0 Å². The van der Waals surface area contributed by atoms with Gasteiger partial charge in [-0.25, -0.2) is 4.98 Å². The molecule has 2 atom stereocenters. The molecule has 9 heteroatoms. The van der Waals surface area contributed by atoms with Gasteiger partial charge < -0.3 is 30.0 Å². The fraction of sp³-hybridized carbons (Fsp3) is 0.333. The quantitative estimate of drug-likeness (QED) is 0.305. The van der Waals surface area contributed by atoms with E-state index in [1.165, 1.54) is 0 Å². The first kappa shape index (κ1) is 24.4. The number of hydrogen-bond donors (Lipinski definition) is 4. The fourth-order valence-electron chi connectivity index (χ4n) is 4.63. The first-order chi connectivity index (χ1) is 17.3. The molecule has 2 aromatic heterocycles. The van der Waals surface area contributed by atoms with E-state index in [-0.39, 0.29) is 18.2 Å². The molecule has 0 aliphatic carbocycles. The maximum atomic E-state index is 12.9. The minimum absolute atomic E-state index is 0.176. The van der Waals surface area contributed by atoms with E-state index in [4.69, 9.17) is 21.3 Å². The Kier molecular flexibility index (Phi) is 6.75. The normalized spacial score (nSPS) is 16.9. The third kappa shape index (κ3) is 4.84. The molecule has 1 aliphatic rings.